The van der Waals surface area contributed by atoms with Crippen LogP contribution in [-0.4, -0.2) is 51.0 Å². The molecule has 242 valence electrons. The van der Waals surface area contributed by atoms with E-state index in [1.165, 1.54) is 6.92 Å². The Labute approximate surface area is 259 Å². The molecule has 0 saturated carbocycles. The van der Waals surface area contributed by atoms with Crippen LogP contribution in [0.5, 0.6) is 11.5 Å². The summed E-state index contributed by atoms with van der Waals surface area (Å²) in [6, 6.07) is 16.0. The summed E-state index contributed by atoms with van der Waals surface area (Å²) < 4.78 is 65.5. The van der Waals surface area contributed by atoms with E-state index in [2.05, 4.69) is 13.1 Å². The van der Waals surface area contributed by atoms with Crippen molar-refractivity contribution in [3.63, 3.8) is 0 Å². The zero-order valence-corrected chi connectivity index (χ0v) is 30.9. The fraction of sp³-hybridized carbons (Fsp3) is 0.567. The van der Waals surface area contributed by atoms with Crippen LogP contribution in [0, 0.1) is 0 Å². The van der Waals surface area contributed by atoms with Gasteiger partial charge in [-0.2, -0.15) is 13.2 Å². The van der Waals surface area contributed by atoms with Crippen LogP contribution in [0.15, 0.2) is 48.5 Å². The number of alkyl halides is 3. The molecule has 0 aliphatic carbocycles. The third kappa shape index (κ3) is 14.7. The Hall–Kier alpha value is -1.75. The van der Waals surface area contributed by atoms with Crippen LogP contribution in [-0.2, 0) is 30.0 Å². The summed E-state index contributed by atoms with van der Waals surface area (Å²) in [7, 11) is -10.8. The monoisotopic (exact) mass is 674 g/mol. The van der Waals surface area contributed by atoms with Crippen molar-refractivity contribution in [1.29, 1.82) is 0 Å². The summed E-state index contributed by atoms with van der Waals surface area (Å²) in [4.78, 5) is 11.5. The number of aryl methyl sites for hydroxylation is 2. The lowest BCUT2D eigenvalue weighted by atomic mass is 10.1. The zero-order valence-electron chi connectivity index (χ0n) is 26.9. The minimum absolute atomic E-state index is 0.183. The first-order valence-corrected chi connectivity index (χ1v) is 26.5. The van der Waals surface area contributed by atoms with Gasteiger partial charge in [0.15, 0.2) is 16.6 Å². The molecule has 0 amide bonds. The maximum Gasteiger partial charge on any atom is 0.389 e. The molecular formula is C30H49F3O6Si4. The number of ether oxygens (including phenoxy) is 1. The molecule has 2 aromatic rings. The lowest BCUT2D eigenvalue weighted by molar-refractivity contribution is -0.132. The summed E-state index contributed by atoms with van der Waals surface area (Å²) >= 11 is 0. The summed E-state index contributed by atoms with van der Waals surface area (Å²) in [6.07, 6.45) is -2.30. The highest BCUT2D eigenvalue weighted by Gasteiger charge is 2.47. The minimum Gasteiger partial charge on any atom is -0.508 e. The zero-order chi connectivity index (χ0) is 32.5. The van der Waals surface area contributed by atoms with Gasteiger partial charge in [0.05, 0.1) is 0 Å². The lowest BCUT2D eigenvalue weighted by Gasteiger charge is -2.43. The molecule has 2 rings (SSSR count). The quantitative estimate of drug-likeness (QED) is 0.103. The highest BCUT2D eigenvalue weighted by atomic mass is 28.5. The standard InChI is InChI=1S/C30H49F3O6Si4/c1-25(34)36-29-20-12-10-16-27(29)18-14-23-41(4,5)38-43(8,24-21-30(31,32)33)39-42(6,7)37-40(2,3)22-13-17-26-15-9-11-19-28(26)35/h9-12,15-16,19-20,35H,13-14,17-18,21-24H2,1-8H3. The summed E-state index contributed by atoms with van der Waals surface area (Å²) in [5.41, 5.74) is 1.80. The number of phenols is 1. The maximum absolute atomic E-state index is 13.4. The number of esters is 1. The van der Waals surface area contributed by atoms with E-state index < -0.39 is 46.4 Å². The maximum atomic E-state index is 13.4. The van der Waals surface area contributed by atoms with Gasteiger partial charge in [-0.25, -0.2) is 0 Å². The molecule has 43 heavy (non-hydrogen) atoms. The van der Waals surface area contributed by atoms with Gasteiger partial charge >= 0.3 is 29.3 Å². The fourth-order valence-corrected chi connectivity index (χ4v) is 25.1. The van der Waals surface area contributed by atoms with Crippen LogP contribution in [0.4, 0.5) is 13.2 Å². The van der Waals surface area contributed by atoms with Gasteiger partial charge in [-0.15, -0.1) is 0 Å². The second-order valence-corrected chi connectivity index (χ2v) is 29.1. The van der Waals surface area contributed by atoms with E-state index in [0.29, 0.717) is 12.2 Å². The van der Waals surface area contributed by atoms with E-state index in [9.17, 15) is 23.1 Å². The van der Waals surface area contributed by atoms with Crippen molar-refractivity contribution in [2.45, 2.75) is 109 Å². The molecule has 0 spiro atoms. The molecular weight excluding hydrogens is 626 g/mol. The second kappa shape index (κ2) is 15.5. The van der Waals surface area contributed by atoms with Crippen LogP contribution in [0.25, 0.3) is 0 Å². The number of aromatic hydroxyl groups is 1. The molecule has 1 atom stereocenters. The van der Waals surface area contributed by atoms with Gasteiger partial charge in [0.25, 0.3) is 0 Å². The normalized spacial score (nSPS) is 14.4. The van der Waals surface area contributed by atoms with Crippen LogP contribution in [0.2, 0.25) is 64.0 Å². The SMILES string of the molecule is CC(=O)Oc1ccccc1CCC[Si](C)(C)O[Si](C)(CCC(F)(F)F)O[Si](C)(C)O[Si](C)(C)CCCc1ccccc1O. The van der Waals surface area contributed by atoms with Crippen molar-refractivity contribution in [2.24, 2.45) is 0 Å². The van der Waals surface area contributed by atoms with Gasteiger partial charge in [-0.3, -0.25) is 4.79 Å². The predicted octanol–water partition coefficient (Wildman–Crippen LogP) is 9.07. The molecule has 0 bridgehead atoms. The Morgan fingerprint density at radius 2 is 1.26 bits per heavy atom. The number of phenolic OH excluding ortho intramolecular Hbond substituents is 1. The first-order valence-electron chi connectivity index (χ1n) is 14.9. The Morgan fingerprint density at radius 3 is 1.81 bits per heavy atom. The molecule has 0 radical (unpaired) electrons. The molecule has 0 aromatic heterocycles. The molecule has 1 unspecified atom stereocenters. The van der Waals surface area contributed by atoms with Crippen molar-refractivity contribution < 1.29 is 40.2 Å². The average molecular weight is 675 g/mol. The molecule has 0 aliphatic rings. The third-order valence-corrected chi connectivity index (χ3v) is 23.1. The van der Waals surface area contributed by atoms with Crippen LogP contribution in [0.3, 0.4) is 0 Å². The number of carbonyl (C=O) groups excluding carboxylic acids is 1. The Balaban J connectivity index is 2.07. The van der Waals surface area contributed by atoms with Crippen molar-refractivity contribution in [2.75, 3.05) is 0 Å². The van der Waals surface area contributed by atoms with E-state index in [1.54, 1.807) is 24.7 Å². The Bertz CT molecular complexity index is 1190. The highest BCUT2D eigenvalue weighted by Crippen LogP contribution is 2.34. The van der Waals surface area contributed by atoms with Gasteiger partial charge in [-0.1, -0.05) is 36.4 Å². The van der Waals surface area contributed by atoms with E-state index in [-0.39, 0.29) is 17.8 Å². The molecule has 0 saturated heterocycles. The van der Waals surface area contributed by atoms with Crippen LogP contribution >= 0.6 is 0 Å². The molecule has 13 heteroatoms. The van der Waals surface area contributed by atoms with Crippen molar-refractivity contribution in [3.05, 3.63) is 59.7 Å². The van der Waals surface area contributed by atoms with Gasteiger partial charge in [0.1, 0.15) is 11.5 Å². The molecule has 1 N–H and O–H groups in total. The number of benzene rings is 2. The first kappa shape index (κ1) is 37.4. The van der Waals surface area contributed by atoms with E-state index >= 15 is 0 Å². The Morgan fingerprint density at radius 1 is 0.744 bits per heavy atom. The van der Waals surface area contributed by atoms with E-state index in [0.717, 1.165) is 42.5 Å². The molecule has 0 fully saturated rings. The van der Waals surface area contributed by atoms with Crippen molar-refractivity contribution in [3.8, 4) is 11.5 Å². The Kier molecular flexibility index (Phi) is 13.5. The predicted molar refractivity (Wildman–Crippen MR) is 175 cm³/mol. The van der Waals surface area contributed by atoms with Crippen molar-refractivity contribution >= 4 is 39.7 Å². The average Bonchev–Trinajstić information content (AvgIpc) is 2.83. The molecule has 0 heterocycles. The second-order valence-electron chi connectivity index (χ2n) is 13.0. The fourth-order valence-electron chi connectivity index (χ4n) is 5.48. The third-order valence-electron chi connectivity index (χ3n) is 7.01. The van der Waals surface area contributed by atoms with Gasteiger partial charge in [0, 0.05) is 13.3 Å². The van der Waals surface area contributed by atoms with Crippen molar-refractivity contribution in [1.82, 2.24) is 0 Å². The van der Waals surface area contributed by atoms with Crippen LogP contribution in [0.1, 0.15) is 37.3 Å². The van der Waals surface area contributed by atoms with E-state index in [4.69, 9.17) is 17.1 Å². The van der Waals surface area contributed by atoms with Gasteiger partial charge in [0.2, 0.25) is 0 Å². The number of rotatable bonds is 17. The largest absolute Gasteiger partial charge is 0.508 e. The summed E-state index contributed by atoms with van der Waals surface area (Å²) in [6.45, 7) is 15.2. The smallest absolute Gasteiger partial charge is 0.389 e. The minimum atomic E-state index is -4.31. The van der Waals surface area contributed by atoms with E-state index in [1.807, 2.05) is 56.5 Å². The number of hydrogen-bond donors (Lipinski definition) is 1. The molecule has 6 nitrogen and oxygen atoms in total. The first-order chi connectivity index (χ1) is 19.7. The summed E-state index contributed by atoms with van der Waals surface area (Å²) in [5.74, 6) is 0.426. The molecule has 0 aliphatic heterocycles. The summed E-state index contributed by atoms with van der Waals surface area (Å²) in [5, 5.41) is 10.1. The number of hydrogen-bond acceptors (Lipinski definition) is 6. The topological polar surface area (TPSA) is 74.2 Å². The number of carbonyl (C=O) groups is 1. The van der Waals surface area contributed by atoms with Crippen LogP contribution < -0.4 is 4.74 Å². The van der Waals surface area contributed by atoms with Gasteiger partial charge in [-0.05, 0) is 113 Å². The number of para-hydroxylation sites is 2. The lowest BCUT2D eigenvalue weighted by Crippen LogP contribution is -2.58. The van der Waals surface area contributed by atoms with Gasteiger partial charge < -0.3 is 22.2 Å². The highest BCUT2D eigenvalue weighted by molar-refractivity contribution is 6.89. The number of halogens is 3. The molecule has 2 aromatic carbocycles.